The molecule has 1 atom stereocenters. The van der Waals surface area contributed by atoms with Crippen LogP contribution in [0.25, 0.3) is 0 Å². The first-order valence-electron chi connectivity index (χ1n) is 9.93. The van der Waals surface area contributed by atoms with Gasteiger partial charge in [0.2, 0.25) is 0 Å². The van der Waals surface area contributed by atoms with E-state index in [1.165, 1.54) is 23.5 Å². The first-order valence-corrected chi connectivity index (χ1v) is 12.4. The number of hydrogen-bond donors (Lipinski definition) is 2. The van der Waals surface area contributed by atoms with Gasteiger partial charge in [-0.3, -0.25) is 9.59 Å². The Morgan fingerprint density at radius 3 is 2.25 bits per heavy atom. The third-order valence-electron chi connectivity index (χ3n) is 4.82. The molecule has 1 aromatic heterocycles. The highest BCUT2D eigenvalue weighted by atomic mass is 32.2. The lowest BCUT2D eigenvalue weighted by Crippen LogP contribution is -2.42. The van der Waals surface area contributed by atoms with Crippen molar-refractivity contribution in [2.45, 2.75) is 16.6 Å². The highest BCUT2D eigenvalue weighted by molar-refractivity contribution is 7.91. The molecule has 2 aromatic carbocycles. The van der Waals surface area contributed by atoms with Gasteiger partial charge >= 0.3 is 11.8 Å². The zero-order chi connectivity index (χ0) is 23.0. The summed E-state index contributed by atoms with van der Waals surface area (Å²) in [7, 11) is -2.17. The van der Waals surface area contributed by atoms with E-state index in [2.05, 4.69) is 10.6 Å². The van der Waals surface area contributed by atoms with Gasteiger partial charge in [0.15, 0.2) is 9.84 Å². The van der Waals surface area contributed by atoms with Gasteiger partial charge in [-0.2, -0.15) is 0 Å². The van der Waals surface area contributed by atoms with Crippen molar-refractivity contribution < 1.29 is 22.7 Å². The predicted molar refractivity (Wildman–Crippen MR) is 123 cm³/mol. The number of ether oxygens (including phenoxy) is 1. The molecule has 0 aliphatic carbocycles. The Bertz CT molecular complexity index is 1130. The molecule has 7 nitrogen and oxygen atoms in total. The van der Waals surface area contributed by atoms with E-state index in [0.717, 1.165) is 11.3 Å². The second kappa shape index (κ2) is 10.9. The Labute approximate surface area is 191 Å². The molecule has 0 aliphatic heterocycles. The number of hydrogen-bond acceptors (Lipinski definition) is 6. The topological polar surface area (TPSA) is 102 Å². The van der Waals surface area contributed by atoms with E-state index in [1.54, 1.807) is 42.8 Å². The molecule has 0 saturated carbocycles. The van der Waals surface area contributed by atoms with Crippen molar-refractivity contribution in [3.63, 3.8) is 0 Å². The van der Waals surface area contributed by atoms with Crippen LogP contribution in [0.15, 0.2) is 77.0 Å². The minimum Gasteiger partial charge on any atom is -0.497 e. The van der Waals surface area contributed by atoms with Gasteiger partial charge in [0.25, 0.3) is 0 Å². The van der Waals surface area contributed by atoms with Crippen LogP contribution in [-0.4, -0.2) is 40.4 Å². The lowest BCUT2D eigenvalue weighted by atomic mass is 10.1. The lowest BCUT2D eigenvalue weighted by Gasteiger charge is -2.17. The van der Waals surface area contributed by atoms with E-state index in [4.69, 9.17) is 4.74 Å². The summed E-state index contributed by atoms with van der Waals surface area (Å²) in [6, 6.07) is 18.9. The quantitative estimate of drug-likeness (QED) is 0.467. The molecule has 9 heteroatoms. The zero-order valence-corrected chi connectivity index (χ0v) is 19.1. The number of sulfone groups is 1. The second-order valence-electron chi connectivity index (χ2n) is 6.93. The average Bonchev–Trinajstić information content (AvgIpc) is 3.34. The van der Waals surface area contributed by atoms with Gasteiger partial charge in [-0.1, -0.05) is 36.4 Å². The Morgan fingerprint density at radius 2 is 1.62 bits per heavy atom. The Kier molecular flexibility index (Phi) is 8.02. The van der Waals surface area contributed by atoms with Crippen LogP contribution in [0, 0.1) is 0 Å². The predicted octanol–water partition coefficient (Wildman–Crippen LogP) is 2.75. The van der Waals surface area contributed by atoms with Crippen molar-refractivity contribution in [3.8, 4) is 5.75 Å². The fraction of sp³-hybridized carbons (Fsp3) is 0.217. The number of benzene rings is 2. The van der Waals surface area contributed by atoms with Crippen LogP contribution in [0.4, 0.5) is 0 Å². The zero-order valence-electron chi connectivity index (χ0n) is 17.5. The van der Waals surface area contributed by atoms with Gasteiger partial charge in [-0.25, -0.2) is 8.42 Å². The normalized spacial score (nSPS) is 12.0. The maximum absolute atomic E-state index is 13.1. The van der Waals surface area contributed by atoms with Crippen molar-refractivity contribution in [2.75, 3.05) is 20.2 Å². The highest BCUT2D eigenvalue weighted by Crippen LogP contribution is 2.31. The molecule has 1 unspecified atom stereocenters. The molecule has 0 aliphatic rings. The first-order chi connectivity index (χ1) is 15.4. The van der Waals surface area contributed by atoms with Crippen LogP contribution in [0.2, 0.25) is 0 Å². The van der Waals surface area contributed by atoms with Crippen LogP contribution < -0.4 is 15.4 Å². The average molecular weight is 473 g/mol. The lowest BCUT2D eigenvalue weighted by molar-refractivity contribution is -0.139. The van der Waals surface area contributed by atoms with Gasteiger partial charge < -0.3 is 15.4 Å². The van der Waals surface area contributed by atoms with Crippen LogP contribution in [0.5, 0.6) is 5.75 Å². The molecule has 0 fully saturated rings. The van der Waals surface area contributed by atoms with Gasteiger partial charge in [-0.05, 0) is 47.7 Å². The van der Waals surface area contributed by atoms with Gasteiger partial charge in [0.1, 0.15) is 11.0 Å². The smallest absolute Gasteiger partial charge is 0.309 e. The molecule has 2 amide bonds. The largest absolute Gasteiger partial charge is 0.497 e. The third-order valence-corrected chi connectivity index (χ3v) is 8.05. The SMILES string of the molecule is COc1ccc(CCNC(=O)C(=O)NCC(c2cccs2)S(=O)(=O)c2ccccc2)cc1. The minimum atomic E-state index is -3.75. The molecule has 0 spiro atoms. The Hall–Kier alpha value is -3.17. The number of nitrogens with one attached hydrogen (secondary N) is 2. The molecular formula is C23H24N2O5S2. The standard InChI is InChI=1S/C23H24N2O5S2/c1-30-18-11-9-17(10-12-18)13-14-24-22(26)23(27)25-16-21(20-8-5-15-31-20)32(28,29)19-6-3-2-4-7-19/h2-12,15,21H,13-14,16H2,1H3,(H,24,26)(H,25,27). The number of amides is 2. The summed E-state index contributed by atoms with van der Waals surface area (Å²) in [4.78, 5) is 25.2. The fourth-order valence-corrected chi connectivity index (χ4v) is 5.88. The second-order valence-corrected chi connectivity index (χ2v) is 10.0. The summed E-state index contributed by atoms with van der Waals surface area (Å²) in [5.41, 5.74) is 0.984. The van der Waals surface area contributed by atoms with Gasteiger partial charge in [0.05, 0.1) is 12.0 Å². The molecular weight excluding hydrogens is 448 g/mol. The number of carbonyl (C=O) groups excluding carboxylic acids is 2. The maximum atomic E-state index is 13.1. The number of thiophene rings is 1. The molecule has 168 valence electrons. The van der Waals surface area contributed by atoms with E-state index in [1.807, 2.05) is 24.3 Å². The monoisotopic (exact) mass is 472 g/mol. The molecule has 2 N–H and O–H groups in total. The van der Waals surface area contributed by atoms with Crippen molar-refractivity contribution in [1.29, 1.82) is 0 Å². The highest BCUT2D eigenvalue weighted by Gasteiger charge is 2.31. The van der Waals surface area contributed by atoms with E-state index in [9.17, 15) is 18.0 Å². The van der Waals surface area contributed by atoms with Crippen molar-refractivity contribution in [1.82, 2.24) is 10.6 Å². The fourth-order valence-electron chi connectivity index (χ4n) is 3.07. The number of carbonyl (C=O) groups is 2. The molecule has 32 heavy (non-hydrogen) atoms. The molecule has 3 rings (SSSR count). The molecule has 3 aromatic rings. The van der Waals surface area contributed by atoms with Crippen LogP contribution >= 0.6 is 11.3 Å². The van der Waals surface area contributed by atoms with Gasteiger partial charge in [-0.15, -0.1) is 11.3 Å². The maximum Gasteiger partial charge on any atom is 0.309 e. The van der Waals surface area contributed by atoms with E-state index in [0.29, 0.717) is 11.3 Å². The van der Waals surface area contributed by atoms with Crippen LogP contribution in [-0.2, 0) is 25.8 Å². The number of rotatable bonds is 9. The van der Waals surface area contributed by atoms with Crippen LogP contribution in [0.3, 0.4) is 0 Å². The van der Waals surface area contributed by atoms with Crippen molar-refractivity contribution in [3.05, 3.63) is 82.6 Å². The molecule has 0 radical (unpaired) electrons. The summed E-state index contributed by atoms with van der Waals surface area (Å²) in [5.74, 6) is -0.937. The summed E-state index contributed by atoms with van der Waals surface area (Å²) < 4.78 is 31.4. The summed E-state index contributed by atoms with van der Waals surface area (Å²) >= 11 is 1.29. The minimum absolute atomic E-state index is 0.164. The first kappa shape index (κ1) is 23.5. The van der Waals surface area contributed by atoms with Crippen molar-refractivity contribution in [2.24, 2.45) is 0 Å². The van der Waals surface area contributed by atoms with Crippen molar-refractivity contribution >= 4 is 33.0 Å². The summed E-state index contributed by atoms with van der Waals surface area (Å²) in [6.45, 7) is 0.0672. The summed E-state index contributed by atoms with van der Waals surface area (Å²) in [5, 5.41) is 5.82. The third kappa shape index (κ3) is 5.95. The van der Waals surface area contributed by atoms with E-state index in [-0.39, 0.29) is 18.0 Å². The van der Waals surface area contributed by atoms with Crippen LogP contribution in [0.1, 0.15) is 15.7 Å². The molecule has 0 bridgehead atoms. The van der Waals surface area contributed by atoms with Gasteiger partial charge in [0, 0.05) is 18.0 Å². The molecule has 0 saturated heterocycles. The number of methoxy groups -OCH3 is 1. The Morgan fingerprint density at radius 1 is 0.938 bits per heavy atom. The van der Waals surface area contributed by atoms with E-state index >= 15 is 0 Å². The molecule has 1 heterocycles. The Balaban J connectivity index is 1.58. The summed E-state index contributed by atoms with van der Waals surface area (Å²) in [6.07, 6.45) is 0.545. The van der Waals surface area contributed by atoms with E-state index < -0.39 is 26.9 Å².